The fourth-order valence-electron chi connectivity index (χ4n) is 4.34. The number of hydrogen-bond acceptors (Lipinski definition) is 7. The number of ether oxygens (including phenoxy) is 1. The Balaban J connectivity index is 1.34. The maximum absolute atomic E-state index is 12.6. The lowest BCUT2D eigenvalue weighted by Gasteiger charge is -2.17. The summed E-state index contributed by atoms with van der Waals surface area (Å²) >= 11 is 6.36. The second kappa shape index (κ2) is 7.68. The Kier molecular flexibility index (Phi) is 5.22. The van der Waals surface area contributed by atoms with E-state index in [2.05, 4.69) is 10.6 Å². The van der Waals surface area contributed by atoms with Gasteiger partial charge in [0, 0.05) is 0 Å². The first kappa shape index (κ1) is 19.7. The van der Waals surface area contributed by atoms with Gasteiger partial charge in [0.25, 0.3) is 0 Å². The van der Waals surface area contributed by atoms with Gasteiger partial charge < -0.3 is 15.4 Å². The molecular formula is C19H19N3O5S2. The van der Waals surface area contributed by atoms with Crippen molar-refractivity contribution in [3.63, 3.8) is 0 Å². The van der Waals surface area contributed by atoms with Gasteiger partial charge in [-0.15, -0.1) is 11.3 Å². The Morgan fingerprint density at radius 2 is 1.90 bits per heavy atom. The molecule has 1 aromatic rings. The van der Waals surface area contributed by atoms with E-state index in [1.54, 1.807) is 18.4 Å². The van der Waals surface area contributed by atoms with Gasteiger partial charge in [-0.2, -0.15) is 0 Å². The minimum Gasteiger partial charge on any atom is -0.462 e. The van der Waals surface area contributed by atoms with Crippen LogP contribution < -0.4 is 10.6 Å². The summed E-state index contributed by atoms with van der Waals surface area (Å²) in [4.78, 5) is 50.6. The molecule has 2 bridgehead atoms. The average Bonchev–Trinajstić information content (AvgIpc) is 3.43. The summed E-state index contributed by atoms with van der Waals surface area (Å²) in [6, 6.07) is 1.60. The smallest absolute Gasteiger partial charge is 0.341 e. The predicted octanol–water partition coefficient (Wildman–Crippen LogP) is 1.54. The summed E-state index contributed by atoms with van der Waals surface area (Å²) in [5, 5.41) is 7.37. The number of fused-ring (bicyclic) bond motifs is 5. The lowest BCUT2D eigenvalue weighted by atomic mass is 9.85. The number of nitrogens with one attached hydrogen (secondary N) is 2. The van der Waals surface area contributed by atoms with Gasteiger partial charge in [0.15, 0.2) is 5.11 Å². The second-order valence-electron chi connectivity index (χ2n) is 7.15. The maximum Gasteiger partial charge on any atom is 0.341 e. The van der Waals surface area contributed by atoms with Gasteiger partial charge in [0.1, 0.15) is 11.5 Å². The van der Waals surface area contributed by atoms with Crippen molar-refractivity contribution < 1.29 is 23.9 Å². The van der Waals surface area contributed by atoms with E-state index >= 15 is 0 Å². The Labute approximate surface area is 176 Å². The summed E-state index contributed by atoms with van der Waals surface area (Å²) in [6.07, 6.45) is 4.84. The number of thiophene rings is 1. The number of likely N-dealkylation sites (tertiary alicyclic amines) is 1. The number of esters is 1. The fraction of sp³-hybridized carbons (Fsp3) is 0.421. The number of amides is 3. The molecule has 0 unspecified atom stereocenters. The summed E-state index contributed by atoms with van der Waals surface area (Å²) in [7, 11) is 0. The van der Waals surface area contributed by atoms with Crippen molar-refractivity contribution in [3.05, 3.63) is 29.2 Å². The zero-order valence-corrected chi connectivity index (χ0v) is 17.2. The zero-order chi connectivity index (χ0) is 20.7. The van der Waals surface area contributed by atoms with E-state index in [1.165, 1.54) is 11.3 Å². The van der Waals surface area contributed by atoms with Crippen LogP contribution in [0, 0.1) is 23.7 Å². The SMILES string of the molecule is CCOC(=O)c1ccsc1NC(=S)NC(=O)CN1C(=O)[C@H]2[C@H](C1=O)[C@H]1C=C[C@H]2C1. The molecule has 4 rings (SSSR count). The lowest BCUT2D eigenvalue weighted by Crippen LogP contribution is -2.44. The molecule has 2 fully saturated rings. The molecule has 1 aromatic heterocycles. The van der Waals surface area contributed by atoms with Crippen molar-refractivity contribution in [2.75, 3.05) is 18.5 Å². The normalized spacial score (nSPS) is 26.6. The predicted molar refractivity (Wildman–Crippen MR) is 109 cm³/mol. The van der Waals surface area contributed by atoms with E-state index in [1.807, 2.05) is 12.2 Å². The minimum atomic E-state index is -0.571. The van der Waals surface area contributed by atoms with Gasteiger partial charge in [-0.1, -0.05) is 12.2 Å². The number of thiocarbonyl (C=S) groups is 1. The summed E-state index contributed by atoms with van der Waals surface area (Å²) in [5.41, 5.74) is 0.314. The van der Waals surface area contributed by atoms with Crippen LogP contribution in [0.5, 0.6) is 0 Å². The van der Waals surface area contributed by atoms with Gasteiger partial charge in [0.05, 0.1) is 24.0 Å². The van der Waals surface area contributed by atoms with Crippen LogP contribution in [0.1, 0.15) is 23.7 Å². The van der Waals surface area contributed by atoms with E-state index in [4.69, 9.17) is 17.0 Å². The van der Waals surface area contributed by atoms with Gasteiger partial charge in [-0.25, -0.2) is 4.79 Å². The quantitative estimate of drug-likeness (QED) is 0.314. The van der Waals surface area contributed by atoms with Crippen molar-refractivity contribution in [1.82, 2.24) is 10.2 Å². The first-order valence-corrected chi connectivity index (χ1v) is 10.6. The van der Waals surface area contributed by atoms with Gasteiger partial charge in [-0.3, -0.25) is 19.3 Å². The van der Waals surface area contributed by atoms with Crippen molar-refractivity contribution in [3.8, 4) is 0 Å². The number of nitrogens with zero attached hydrogens (tertiary/aromatic N) is 1. The van der Waals surface area contributed by atoms with E-state index in [9.17, 15) is 19.2 Å². The molecule has 4 atom stereocenters. The Bertz CT molecular complexity index is 910. The van der Waals surface area contributed by atoms with Crippen LogP contribution in [0.25, 0.3) is 0 Å². The Morgan fingerprint density at radius 1 is 1.24 bits per heavy atom. The molecule has 0 spiro atoms. The molecule has 1 aliphatic heterocycles. The molecule has 10 heteroatoms. The van der Waals surface area contributed by atoms with E-state index in [-0.39, 0.29) is 53.8 Å². The number of imide groups is 1. The second-order valence-corrected chi connectivity index (χ2v) is 8.47. The summed E-state index contributed by atoms with van der Waals surface area (Å²) in [6.45, 7) is 1.58. The third kappa shape index (κ3) is 3.46. The number of carbonyl (C=O) groups excluding carboxylic acids is 4. The van der Waals surface area contributed by atoms with Crippen molar-refractivity contribution in [2.45, 2.75) is 13.3 Å². The van der Waals surface area contributed by atoms with Gasteiger partial charge >= 0.3 is 5.97 Å². The molecular weight excluding hydrogens is 414 g/mol. The van der Waals surface area contributed by atoms with Crippen LogP contribution in [0.15, 0.2) is 23.6 Å². The Hall–Kier alpha value is -2.59. The molecule has 1 saturated heterocycles. The van der Waals surface area contributed by atoms with E-state index in [0.29, 0.717) is 10.6 Å². The molecule has 3 aliphatic rings. The number of carbonyl (C=O) groups is 4. The topological polar surface area (TPSA) is 105 Å². The van der Waals surface area contributed by atoms with Gasteiger partial charge in [-0.05, 0) is 48.8 Å². The van der Waals surface area contributed by atoms with Crippen LogP contribution in [0.4, 0.5) is 5.00 Å². The highest BCUT2D eigenvalue weighted by molar-refractivity contribution is 7.80. The largest absolute Gasteiger partial charge is 0.462 e. The number of anilines is 1. The van der Waals surface area contributed by atoms with Crippen LogP contribution in [0.2, 0.25) is 0 Å². The zero-order valence-electron chi connectivity index (χ0n) is 15.5. The van der Waals surface area contributed by atoms with Crippen LogP contribution in [-0.4, -0.2) is 46.9 Å². The molecule has 8 nitrogen and oxygen atoms in total. The van der Waals surface area contributed by atoms with E-state index < -0.39 is 11.9 Å². The van der Waals surface area contributed by atoms with Crippen molar-refractivity contribution in [2.24, 2.45) is 23.7 Å². The molecule has 2 aliphatic carbocycles. The molecule has 0 aromatic carbocycles. The molecule has 2 N–H and O–H groups in total. The summed E-state index contributed by atoms with van der Waals surface area (Å²) < 4.78 is 4.97. The minimum absolute atomic E-state index is 0.0241. The number of hydrogen-bond donors (Lipinski definition) is 2. The third-order valence-electron chi connectivity index (χ3n) is 5.50. The number of rotatable bonds is 5. The first-order chi connectivity index (χ1) is 13.9. The molecule has 29 heavy (non-hydrogen) atoms. The van der Waals surface area contributed by atoms with Crippen LogP contribution in [0.3, 0.4) is 0 Å². The molecule has 0 radical (unpaired) electrons. The van der Waals surface area contributed by atoms with Crippen molar-refractivity contribution in [1.29, 1.82) is 0 Å². The highest BCUT2D eigenvalue weighted by Gasteiger charge is 2.59. The fourth-order valence-corrected chi connectivity index (χ4v) is 5.40. The van der Waals surface area contributed by atoms with E-state index in [0.717, 1.165) is 11.3 Å². The monoisotopic (exact) mass is 433 g/mol. The highest BCUT2D eigenvalue weighted by atomic mass is 32.1. The number of allylic oxidation sites excluding steroid dienone is 2. The standard InChI is InChI=1S/C19H19N3O5S2/c1-2-27-18(26)11-5-6-29-15(11)21-19(28)20-12(23)8-22-16(24)13-9-3-4-10(7-9)14(13)17(22)25/h3-6,9-10,13-14H,2,7-8H2,1H3,(H2,20,21,23,28)/t9-,10-,13+,14+/m0/s1. The third-order valence-corrected chi connectivity index (χ3v) is 6.54. The van der Waals surface area contributed by atoms with Crippen molar-refractivity contribution >= 4 is 57.4 Å². The first-order valence-electron chi connectivity index (χ1n) is 9.29. The lowest BCUT2D eigenvalue weighted by molar-refractivity contribution is -0.144. The highest BCUT2D eigenvalue weighted by Crippen LogP contribution is 2.52. The summed E-state index contributed by atoms with van der Waals surface area (Å²) in [5.74, 6) is -2.12. The average molecular weight is 434 g/mol. The molecule has 152 valence electrons. The Morgan fingerprint density at radius 3 is 2.52 bits per heavy atom. The molecule has 2 heterocycles. The van der Waals surface area contributed by atoms with Crippen LogP contribution >= 0.6 is 23.6 Å². The molecule has 1 saturated carbocycles. The molecule has 3 amide bonds. The maximum atomic E-state index is 12.6. The van der Waals surface area contributed by atoms with Gasteiger partial charge in [0.2, 0.25) is 17.7 Å². The van der Waals surface area contributed by atoms with Crippen LogP contribution in [-0.2, 0) is 19.1 Å².